The summed E-state index contributed by atoms with van der Waals surface area (Å²) in [6.07, 6.45) is 4.06. The number of carbonyl (C=O) groups is 1. The van der Waals surface area contributed by atoms with Gasteiger partial charge in [0.05, 0.1) is 11.4 Å². The summed E-state index contributed by atoms with van der Waals surface area (Å²) in [5.74, 6) is 0.909. The van der Waals surface area contributed by atoms with Gasteiger partial charge in [-0.15, -0.1) is 0 Å². The fourth-order valence-corrected chi connectivity index (χ4v) is 4.88. The first kappa shape index (κ1) is 20.8. The summed E-state index contributed by atoms with van der Waals surface area (Å²) in [6.45, 7) is 3.29. The summed E-state index contributed by atoms with van der Waals surface area (Å²) in [5, 5.41) is 7.00. The number of ketones is 1. The van der Waals surface area contributed by atoms with Gasteiger partial charge in [0.25, 0.3) is 0 Å². The molecule has 2 aliphatic rings. The summed E-state index contributed by atoms with van der Waals surface area (Å²) < 4.78 is 0. The van der Waals surface area contributed by atoms with Gasteiger partial charge in [-0.1, -0.05) is 60.7 Å². The maximum absolute atomic E-state index is 12.9. The van der Waals surface area contributed by atoms with Crippen molar-refractivity contribution >= 4 is 17.2 Å². The molecule has 1 fully saturated rings. The lowest BCUT2D eigenvalue weighted by Crippen LogP contribution is -2.33. The van der Waals surface area contributed by atoms with Gasteiger partial charge in [-0.05, 0) is 67.6 Å². The molecule has 1 unspecified atom stereocenters. The maximum atomic E-state index is 12.9. The van der Waals surface area contributed by atoms with E-state index in [9.17, 15) is 4.79 Å². The summed E-state index contributed by atoms with van der Waals surface area (Å²) in [4.78, 5) is 15.4. The van der Waals surface area contributed by atoms with E-state index < -0.39 is 0 Å². The molecule has 0 aliphatic carbocycles. The van der Waals surface area contributed by atoms with Crippen LogP contribution in [0.5, 0.6) is 0 Å². The third-order valence-electron chi connectivity index (χ3n) is 6.81. The van der Waals surface area contributed by atoms with Gasteiger partial charge < -0.3 is 10.6 Å². The minimum atomic E-state index is 0.0534. The summed E-state index contributed by atoms with van der Waals surface area (Å²) in [7, 11) is 0. The van der Waals surface area contributed by atoms with E-state index in [0.29, 0.717) is 12.3 Å². The highest BCUT2D eigenvalue weighted by atomic mass is 16.1. The molecule has 5 rings (SSSR count). The van der Waals surface area contributed by atoms with Gasteiger partial charge in [-0.2, -0.15) is 0 Å². The molecular formula is C28H31N3O. The number of likely N-dealkylation sites (tertiary alicyclic amines) is 1. The van der Waals surface area contributed by atoms with Crippen molar-refractivity contribution in [2.75, 3.05) is 23.7 Å². The first-order valence-electron chi connectivity index (χ1n) is 11.8. The zero-order valence-corrected chi connectivity index (χ0v) is 18.5. The van der Waals surface area contributed by atoms with Gasteiger partial charge >= 0.3 is 0 Å². The van der Waals surface area contributed by atoms with Crippen LogP contribution in [0.4, 0.5) is 11.4 Å². The molecule has 0 amide bonds. The standard InChI is InChI=1S/C28H31N3O/c32-27(14-11-21-15-17-31(18-16-21)20-22-7-3-1-4-8-22)24-12-13-25-26(19-24)30-28(29-25)23-9-5-2-6-10-23/h1-10,12-13,19,21,28-30H,11,14-18,20H2. The first-order valence-corrected chi connectivity index (χ1v) is 11.8. The molecule has 2 heterocycles. The van der Waals surface area contributed by atoms with Gasteiger partial charge in [-0.3, -0.25) is 9.69 Å². The van der Waals surface area contributed by atoms with E-state index in [1.54, 1.807) is 0 Å². The minimum Gasteiger partial charge on any atom is -0.360 e. The van der Waals surface area contributed by atoms with Crippen LogP contribution < -0.4 is 10.6 Å². The Balaban J connectivity index is 1.10. The third-order valence-corrected chi connectivity index (χ3v) is 6.81. The fourth-order valence-electron chi connectivity index (χ4n) is 4.88. The lowest BCUT2D eigenvalue weighted by Gasteiger charge is -2.32. The maximum Gasteiger partial charge on any atom is 0.162 e. The van der Waals surface area contributed by atoms with Crippen LogP contribution in [0.3, 0.4) is 0 Å². The van der Waals surface area contributed by atoms with Gasteiger partial charge in [0.1, 0.15) is 6.17 Å². The third kappa shape index (κ3) is 4.86. The number of Topliss-reactive ketones (excluding diaryl/α,β-unsaturated/α-hetero) is 1. The average Bonchev–Trinajstić information content (AvgIpc) is 3.28. The van der Waals surface area contributed by atoms with Crippen LogP contribution in [0, 0.1) is 5.92 Å². The summed E-state index contributed by atoms with van der Waals surface area (Å²) >= 11 is 0. The topological polar surface area (TPSA) is 44.4 Å². The highest BCUT2D eigenvalue weighted by Gasteiger charge is 2.23. The molecule has 1 saturated heterocycles. The number of fused-ring (bicyclic) bond motifs is 1. The molecule has 4 heteroatoms. The second-order valence-electron chi connectivity index (χ2n) is 9.06. The van der Waals surface area contributed by atoms with Crippen LogP contribution in [0.2, 0.25) is 0 Å². The number of rotatable bonds is 7. The van der Waals surface area contributed by atoms with Gasteiger partial charge in [0.15, 0.2) is 5.78 Å². The van der Waals surface area contributed by atoms with E-state index in [2.05, 4.69) is 58.0 Å². The molecular weight excluding hydrogens is 394 g/mol. The molecule has 4 nitrogen and oxygen atoms in total. The lowest BCUT2D eigenvalue weighted by molar-refractivity contribution is 0.0961. The Labute approximate surface area is 190 Å². The number of hydrogen-bond acceptors (Lipinski definition) is 4. The van der Waals surface area contributed by atoms with Crippen molar-refractivity contribution in [2.45, 2.75) is 38.4 Å². The Hall–Kier alpha value is -3.11. The number of benzene rings is 3. The van der Waals surface area contributed by atoms with Crippen LogP contribution in [0.25, 0.3) is 0 Å². The Morgan fingerprint density at radius 3 is 2.28 bits per heavy atom. The Kier molecular flexibility index (Phi) is 6.22. The first-order chi connectivity index (χ1) is 15.7. The molecule has 32 heavy (non-hydrogen) atoms. The number of hydrogen-bond donors (Lipinski definition) is 2. The van der Waals surface area contributed by atoms with Crippen molar-refractivity contribution in [1.29, 1.82) is 0 Å². The number of nitrogens with zero attached hydrogens (tertiary/aromatic N) is 1. The normalized spacial score (nSPS) is 18.6. The molecule has 3 aromatic rings. The molecule has 164 valence electrons. The number of nitrogens with one attached hydrogen (secondary N) is 2. The SMILES string of the molecule is O=C(CCC1CCN(Cc2ccccc2)CC1)c1ccc2c(c1)NC(c1ccccc1)N2. The lowest BCUT2D eigenvalue weighted by atomic mass is 9.90. The van der Waals surface area contributed by atoms with Crippen molar-refractivity contribution in [3.63, 3.8) is 0 Å². The average molecular weight is 426 g/mol. The van der Waals surface area contributed by atoms with Crippen LogP contribution in [0.1, 0.15) is 53.3 Å². The summed E-state index contributed by atoms with van der Waals surface area (Å²) in [6, 6.07) is 27.0. The van der Waals surface area contributed by atoms with Crippen LogP contribution in [0.15, 0.2) is 78.9 Å². The van der Waals surface area contributed by atoms with Crippen molar-refractivity contribution in [3.8, 4) is 0 Å². The van der Waals surface area contributed by atoms with Gasteiger partial charge in [0.2, 0.25) is 0 Å². The van der Waals surface area contributed by atoms with Crippen molar-refractivity contribution in [3.05, 3.63) is 95.6 Å². The Bertz CT molecular complexity index is 1040. The minimum absolute atomic E-state index is 0.0534. The molecule has 0 bridgehead atoms. The monoisotopic (exact) mass is 425 g/mol. The molecule has 3 aromatic carbocycles. The molecule has 2 aliphatic heterocycles. The fraction of sp³-hybridized carbons (Fsp3) is 0.321. The van der Waals surface area contributed by atoms with Crippen LogP contribution in [-0.4, -0.2) is 23.8 Å². The number of piperidine rings is 1. The van der Waals surface area contributed by atoms with E-state index in [-0.39, 0.29) is 11.9 Å². The van der Waals surface area contributed by atoms with E-state index in [1.165, 1.54) is 24.0 Å². The smallest absolute Gasteiger partial charge is 0.162 e. The summed E-state index contributed by atoms with van der Waals surface area (Å²) in [5.41, 5.74) is 5.46. The quantitative estimate of drug-likeness (QED) is 0.449. The number of carbonyl (C=O) groups excluding carboxylic acids is 1. The zero-order chi connectivity index (χ0) is 21.8. The Morgan fingerprint density at radius 2 is 1.53 bits per heavy atom. The van der Waals surface area contributed by atoms with E-state index in [0.717, 1.165) is 43.0 Å². The van der Waals surface area contributed by atoms with E-state index >= 15 is 0 Å². The molecule has 1 atom stereocenters. The molecule has 0 spiro atoms. The largest absolute Gasteiger partial charge is 0.360 e. The Morgan fingerprint density at radius 1 is 0.844 bits per heavy atom. The highest BCUT2D eigenvalue weighted by Crippen LogP contribution is 2.36. The molecule has 0 radical (unpaired) electrons. The van der Waals surface area contributed by atoms with Gasteiger partial charge in [0, 0.05) is 18.5 Å². The zero-order valence-electron chi connectivity index (χ0n) is 18.5. The molecule has 0 saturated carbocycles. The van der Waals surface area contributed by atoms with Crippen molar-refractivity contribution in [2.24, 2.45) is 5.92 Å². The number of anilines is 2. The highest BCUT2D eigenvalue weighted by molar-refractivity contribution is 5.98. The second-order valence-corrected chi connectivity index (χ2v) is 9.06. The second kappa shape index (κ2) is 9.58. The van der Waals surface area contributed by atoms with Crippen molar-refractivity contribution in [1.82, 2.24) is 4.90 Å². The predicted octanol–water partition coefficient (Wildman–Crippen LogP) is 6.10. The van der Waals surface area contributed by atoms with Crippen molar-refractivity contribution < 1.29 is 4.79 Å². The van der Waals surface area contributed by atoms with Crippen LogP contribution in [-0.2, 0) is 6.54 Å². The van der Waals surface area contributed by atoms with Crippen LogP contribution >= 0.6 is 0 Å². The van der Waals surface area contributed by atoms with E-state index in [4.69, 9.17) is 0 Å². The molecule has 2 N–H and O–H groups in total. The van der Waals surface area contributed by atoms with E-state index in [1.807, 2.05) is 36.4 Å². The predicted molar refractivity (Wildman–Crippen MR) is 131 cm³/mol. The van der Waals surface area contributed by atoms with Gasteiger partial charge in [-0.25, -0.2) is 0 Å². The molecule has 0 aromatic heterocycles.